The summed E-state index contributed by atoms with van der Waals surface area (Å²) in [6, 6.07) is 0. The second-order valence-corrected chi connectivity index (χ2v) is 5.71. The Bertz CT molecular complexity index is 111. The van der Waals surface area contributed by atoms with Crippen molar-refractivity contribution in [3.63, 3.8) is 0 Å². The van der Waals surface area contributed by atoms with Gasteiger partial charge in [-0.15, -0.1) is 0 Å². The minimum atomic E-state index is 0.798. The normalized spacial score (nSPS) is 9.22. The van der Waals surface area contributed by atoms with Crippen molar-refractivity contribution in [1.29, 1.82) is 0 Å². The molecule has 0 amide bonds. The van der Waals surface area contributed by atoms with Gasteiger partial charge >= 0.3 is 0 Å². The summed E-state index contributed by atoms with van der Waals surface area (Å²) in [4.78, 5) is 3.78. The van der Waals surface area contributed by atoms with Gasteiger partial charge in [0.15, 0.2) is 0 Å². The number of rotatable bonds is 4. The van der Waals surface area contributed by atoms with Crippen LogP contribution >= 0.6 is 57.9 Å². The highest BCUT2D eigenvalue weighted by Crippen LogP contribution is 2.06. The molecule has 0 saturated carbocycles. The fourth-order valence-corrected chi connectivity index (χ4v) is 1.09. The standard InChI is InChI=1S/C4H6I2N2S/c5-8(6)3-1-2-7-4-9/h1-3H2. The summed E-state index contributed by atoms with van der Waals surface area (Å²) >= 11 is 8.85. The molecule has 0 aromatic heterocycles. The van der Waals surface area contributed by atoms with Crippen LogP contribution in [0.3, 0.4) is 0 Å². The third-order valence-electron chi connectivity index (χ3n) is 0.662. The molecular formula is C4H6I2N2S. The van der Waals surface area contributed by atoms with Gasteiger partial charge in [0.2, 0.25) is 0 Å². The Morgan fingerprint density at radius 1 is 1.56 bits per heavy atom. The van der Waals surface area contributed by atoms with Gasteiger partial charge in [0.25, 0.3) is 0 Å². The average Bonchev–Trinajstić information content (AvgIpc) is 1.80. The molecule has 0 fully saturated rings. The predicted octanol–water partition coefficient (Wildman–Crippen LogP) is 2.48. The molecule has 0 aromatic rings. The lowest BCUT2D eigenvalue weighted by molar-refractivity contribution is 0.739. The molecule has 5 heteroatoms. The Morgan fingerprint density at radius 3 is 2.67 bits per heavy atom. The van der Waals surface area contributed by atoms with E-state index in [0.717, 1.165) is 19.5 Å². The van der Waals surface area contributed by atoms with E-state index >= 15 is 0 Å². The van der Waals surface area contributed by atoms with Gasteiger partial charge in [-0.3, -0.25) is 0 Å². The van der Waals surface area contributed by atoms with Crippen molar-refractivity contribution in [2.45, 2.75) is 6.42 Å². The van der Waals surface area contributed by atoms with E-state index in [1.54, 1.807) is 0 Å². The van der Waals surface area contributed by atoms with Crippen molar-refractivity contribution < 1.29 is 0 Å². The molecule has 0 bridgehead atoms. The maximum Gasteiger partial charge on any atom is 0.0584 e. The van der Waals surface area contributed by atoms with Crippen molar-refractivity contribution in [2.24, 2.45) is 4.99 Å². The molecule has 0 unspecified atom stereocenters. The lowest BCUT2D eigenvalue weighted by Gasteiger charge is -2.00. The van der Waals surface area contributed by atoms with Crippen LogP contribution in [0, 0.1) is 0 Å². The van der Waals surface area contributed by atoms with Crippen LogP contribution in [0.5, 0.6) is 0 Å². The summed E-state index contributed by atoms with van der Waals surface area (Å²) in [6.45, 7) is 1.84. The van der Waals surface area contributed by atoms with E-state index in [2.05, 4.69) is 69.4 Å². The van der Waals surface area contributed by atoms with Gasteiger partial charge in [-0.2, -0.15) is 1.33 Å². The average molecular weight is 368 g/mol. The number of hydrogen-bond acceptors (Lipinski definition) is 3. The van der Waals surface area contributed by atoms with Gasteiger partial charge in [-0.25, -0.2) is 4.99 Å². The first-order valence-electron chi connectivity index (χ1n) is 2.40. The fourth-order valence-electron chi connectivity index (χ4n) is 0.315. The second-order valence-electron chi connectivity index (χ2n) is 1.35. The van der Waals surface area contributed by atoms with Crippen LogP contribution in [0.2, 0.25) is 0 Å². The van der Waals surface area contributed by atoms with Crippen molar-refractivity contribution in [3.8, 4) is 0 Å². The van der Waals surface area contributed by atoms with Gasteiger partial charge in [0.1, 0.15) is 0 Å². The molecule has 9 heavy (non-hydrogen) atoms. The Hall–Kier alpha value is 1.22. The van der Waals surface area contributed by atoms with Crippen LogP contribution in [-0.4, -0.2) is 19.6 Å². The van der Waals surface area contributed by atoms with Gasteiger partial charge < -0.3 is 0 Å². The van der Waals surface area contributed by atoms with E-state index in [1.807, 2.05) is 0 Å². The van der Waals surface area contributed by atoms with Crippen molar-refractivity contribution in [1.82, 2.24) is 1.33 Å². The van der Waals surface area contributed by atoms with Crippen LogP contribution in [0.25, 0.3) is 0 Å². The molecular weight excluding hydrogens is 362 g/mol. The van der Waals surface area contributed by atoms with Crippen molar-refractivity contribution in [2.75, 3.05) is 13.1 Å². The van der Waals surface area contributed by atoms with Crippen LogP contribution in [0.1, 0.15) is 6.42 Å². The van der Waals surface area contributed by atoms with E-state index in [0.29, 0.717) is 0 Å². The molecule has 0 aliphatic rings. The highest BCUT2D eigenvalue weighted by Gasteiger charge is 1.90. The third kappa shape index (κ3) is 9.22. The molecule has 0 rings (SSSR count). The fraction of sp³-hybridized carbons (Fsp3) is 0.750. The Morgan fingerprint density at radius 2 is 2.22 bits per heavy atom. The van der Waals surface area contributed by atoms with Crippen LogP contribution in [0.15, 0.2) is 4.99 Å². The largest absolute Gasteiger partial charge is 0.232 e. The maximum atomic E-state index is 4.40. The molecule has 0 heterocycles. The molecule has 0 aliphatic heterocycles. The molecule has 0 atom stereocenters. The molecule has 0 spiro atoms. The Labute approximate surface area is 88.1 Å². The number of thiocarbonyl (C=S) groups is 1. The quantitative estimate of drug-likeness (QED) is 0.249. The molecule has 0 N–H and O–H groups in total. The maximum absolute atomic E-state index is 4.40. The van der Waals surface area contributed by atoms with E-state index in [4.69, 9.17) is 0 Å². The number of hydrogen-bond donors (Lipinski definition) is 0. The van der Waals surface area contributed by atoms with Crippen LogP contribution in [-0.2, 0) is 0 Å². The summed E-state index contributed by atoms with van der Waals surface area (Å²) < 4.78 is 2.06. The number of nitrogens with zero attached hydrogens (tertiary/aromatic N) is 2. The highest BCUT2D eigenvalue weighted by atomic mass is 127. The summed E-state index contributed by atoms with van der Waals surface area (Å²) in [6.07, 6.45) is 1.05. The van der Waals surface area contributed by atoms with E-state index < -0.39 is 0 Å². The van der Waals surface area contributed by atoms with Crippen molar-refractivity contribution >= 4 is 63.1 Å². The zero-order valence-electron chi connectivity index (χ0n) is 4.68. The van der Waals surface area contributed by atoms with E-state index in [1.165, 1.54) is 0 Å². The molecule has 0 saturated heterocycles. The summed E-state index contributed by atoms with van der Waals surface area (Å²) in [5, 5.41) is 2.33. The Balaban J connectivity index is 3.00. The van der Waals surface area contributed by atoms with Gasteiger partial charge in [0, 0.05) is 52.3 Å². The first kappa shape index (κ1) is 10.2. The van der Waals surface area contributed by atoms with Gasteiger partial charge in [0.05, 0.1) is 11.7 Å². The van der Waals surface area contributed by atoms with E-state index in [9.17, 15) is 0 Å². The zero-order valence-corrected chi connectivity index (χ0v) is 9.81. The second kappa shape index (κ2) is 7.33. The monoisotopic (exact) mass is 368 g/mol. The van der Waals surface area contributed by atoms with E-state index in [-0.39, 0.29) is 0 Å². The molecule has 0 aliphatic carbocycles. The van der Waals surface area contributed by atoms with Crippen molar-refractivity contribution in [3.05, 3.63) is 0 Å². The SMILES string of the molecule is S=C=NCCCN(I)I. The zero-order chi connectivity index (χ0) is 7.11. The minimum Gasteiger partial charge on any atom is -0.232 e. The summed E-state index contributed by atoms with van der Waals surface area (Å²) in [5.74, 6) is 0. The minimum absolute atomic E-state index is 0.798. The molecule has 52 valence electrons. The number of aliphatic imine (C=N–C) groups is 1. The predicted molar refractivity (Wildman–Crippen MR) is 59.3 cm³/mol. The van der Waals surface area contributed by atoms with Crippen LogP contribution in [0.4, 0.5) is 0 Å². The lowest BCUT2D eigenvalue weighted by Crippen LogP contribution is -1.99. The summed E-state index contributed by atoms with van der Waals surface area (Å²) in [7, 11) is 0. The molecule has 2 nitrogen and oxygen atoms in total. The number of halogens is 2. The van der Waals surface area contributed by atoms with Gasteiger partial charge in [-0.05, 0) is 18.6 Å². The first-order valence-corrected chi connectivity index (χ1v) is 4.74. The lowest BCUT2D eigenvalue weighted by atomic mass is 10.4. The molecule has 0 radical (unpaired) electrons. The topological polar surface area (TPSA) is 15.6 Å². The highest BCUT2D eigenvalue weighted by molar-refractivity contribution is 14.2. The first-order chi connectivity index (χ1) is 4.27. The summed E-state index contributed by atoms with van der Waals surface area (Å²) in [5.41, 5.74) is 0. The third-order valence-corrected chi connectivity index (χ3v) is 1.76. The molecule has 0 aromatic carbocycles. The number of isothiocyanates is 1. The van der Waals surface area contributed by atoms with Gasteiger partial charge in [-0.1, -0.05) is 0 Å². The Kier molecular flexibility index (Phi) is 8.32. The van der Waals surface area contributed by atoms with Crippen LogP contribution < -0.4 is 0 Å². The smallest absolute Gasteiger partial charge is 0.0584 e.